The maximum Gasteiger partial charge on any atom is 0.374 e. The molecule has 2 atom stereocenters. The lowest BCUT2D eigenvalue weighted by Crippen LogP contribution is -2.79. The minimum Gasteiger partial charge on any atom is -0.460 e. The van der Waals surface area contributed by atoms with Gasteiger partial charge in [0.15, 0.2) is 0 Å². The molecule has 2 unspecified atom stereocenters. The number of rotatable bonds is 30. The zero-order chi connectivity index (χ0) is 37.7. The van der Waals surface area contributed by atoms with Crippen molar-refractivity contribution in [3.8, 4) is 0 Å². The number of carbonyl (C=O) groups excluding carboxylic acids is 4. The molecule has 0 aliphatic rings. The first-order chi connectivity index (χ1) is 22.9. The molecular weight excluding hydrogens is 656 g/mol. The summed E-state index contributed by atoms with van der Waals surface area (Å²) in [5.74, 6) is -16.1. The van der Waals surface area contributed by atoms with Gasteiger partial charge in [-0.1, -0.05) is 40.5 Å². The Morgan fingerprint density at radius 2 is 0.918 bits per heavy atom. The monoisotopic (exact) mass is 714 g/mol. The molecule has 0 aromatic carbocycles. The minimum atomic E-state index is -4.30. The number of aliphatic hydroxyl groups is 8. The third kappa shape index (κ3) is 16.1. The summed E-state index contributed by atoms with van der Waals surface area (Å²) in [4.78, 5) is 47.5. The zero-order valence-corrected chi connectivity index (χ0v) is 29.1. The van der Waals surface area contributed by atoms with Crippen molar-refractivity contribution in [2.45, 2.75) is 109 Å². The fraction of sp³-hybridized carbons (Fsp3) is 0.871. The fourth-order valence-corrected chi connectivity index (χ4v) is 4.25. The highest BCUT2D eigenvalue weighted by molar-refractivity contribution is 6.33. The van der Waals surface area contributed by atoms with Gasteiger partial charge in [0.05, 0.1) is 38.6 Å². The van der Waals surface area contributed by atoms with Crippen LogP contribution in [0, 0.1) is 0 Å². The molecule has 0 aromatic rings. The first-order valence-electron chi connectivity index (χ1n) is 16.7. The van der Waals surface area contributed by atoms with E-state index in [1.54, 1.807) is 0 Å². The number of Topliss-reactive ketones (excluding diaryl/α,β-unsaturated/α-hetero) is 2. The van der Waals surface area contributed by atoms with Crippen molar-refractivity contribution in [2.75, 3.05) is 65.8 Å². The van der Waals surface area contributed by atoms with Crippen LogP contribution in [0.2, 0.25) is 0 Å². The van der Waals surface area contributed by atoms with Gasteiger partial charge in [-0.2, -0.15) is 0 Å². The number of carbonyl (C=O) groups is 4. The molecule has 0 bridgehead atoms. The zero-order valence-electron chi connectivity index (χ0n) is 29.1. The maximum absolute atomic E-state index is 11.7. The summed E-state index contributed by atoms with van der Waals surface area (Å²) in [6, 6.07) is 0. The molecule has 0 spiro atoms. The van der Waals surface area contributed by atoms with Crippen LogP contribution < -0.4 is 0 Å². The van der Waals surface area contributed by atoms with E-state index in [-0.39, 0.29) is 52.1 Å². The van der Waals surface area contributed by atoms with E-state index in [0.29, 0.717) is 22.6 Å². The Bertz CT molecular complexity index is 903. The van der Waals surface area contributed by atoms with Gasteiger partial charge in [0.25, 0.3) is 11.8 Å². The first-order valence-corrected chi connectivity index (χ1v) is 16.7. The molecule has 0 aliphatic carbocycles. The fourth-order valence-electron chi connectivity index (χ4n) is 4.25. The first kappa shape index (κ1) is 46.8. The Kier molecular flexibility index (Phi) is 23.0. The second kappa shape index (κ2) is 24.1. The molecule has 0 amide bonds. The van der Waals surface area contributed by atoms with Crippen LogP contribution in [0.3, 0.4) is 0 Å². The van der Waals surface area contributed by atoms with Gasteiger partial charge >= 0.3 is 17.7 Å². The molecule has 0 saturated carbocycles. The SMILES string of the molecule is CCCCOCC(O)CN(CCCOC(=O)C(=O)CC)C(O)(O)C(O)(O)C(O)(O)N(CCCOC(=O)C(=O)CC)CC(O)COCCCC. The second-order valence-electron chi connectivity index (χ2n) is 11.5. The van der Waals surface area contributed by atoms with E-state index in [2.05, 4.69) is 0 Å². The Balaban J connectivity index is 6.21. The number of aliphatic hydroxyl groups excluding tert-OH is 2. The topological polar surface area (TPSA) is 274 Å². The number of hydrogen-bond donors (Lipinski definition) is 8. The lowest BCUT2D eigenvalue weighted by Gasteiger charge is -2.50. The van der Waals surface area contributed by atoms with Crippen molar-refractivity contribution in [3.05, 3.63) is 0 Å². The predicted molar refractivity (Wildman–Crippen MR) is 170 cm³/mol. The molecule has 8 N–H and O–H groups in total. The van der Waals surface area contributed by atoms with Crippen LogP contribution in [0.4, 0.5) is 0 Å². The molecule has 0 aliphatic heterocycles. The lowest BCUT2D eigenvalue weighted by molar-refractivity contribution is -0.513. The van der Waals surface area contributed by atoms with E-state index in [1.165, 1.54) is 13.8 Å². The van der Waals surface area contributed by atoms with Crippen LogP contribution in [0.1, 0.15) is 79.1 Å². The van der Waals surface area contributed by atoms with Crippen molar-refractivity contribution in [1.29, 1.82) is 0 Å². The average molecular weight is 715 g/mol. The van der Waals surface area contributed by atoms with Gasteiger partial charge in [-0.05, 0) is 25.7 Å². The Morgan fingerprint density at radius 3 is 1.22 bits per heavy atom. The number of hydrogen-bond acceptors (Lipinski definition) is 18. The summed E-state index contributed by atoms with van der Waals surface area (Å²) in [5, 5.41) is 88.1. The number of ketones is 2. The Hall–Kier alpha value is -2.20. The summed E-state index contributed by atoms with van der Waals surface area (Å²) in [7, 11) is 0. The lowest BCUT2D eigenvalue weighted by atomic mass is 10.0. The molecule has 0 rings (SSSR count). The van der Waals surface area contributed by atoms with Gasteiger partial charge in [0.1, 0.15) is 0 Å². The van der Waals surface area contributed by atoms with Crippen LogP contribution in [0.5, 0.6) is 0 Å². The van der Waals surface area contributed by atoms with Crippen LogP contribution in [0.15, 0.2) is 0 Å². The highest BCUT2D eigenvalue weighted by atomic mass is 16.7. The largest absolute Gasteiger partial charge is 0.460 e. The van der Waals surface area contributed by atoms with Crippen molar-refractivity contribution >= 4 is 23.5 Å². The number of ether oxygens (including phenoxy) is 4. The normalized spacial score (nSPS) is 13.8. The molecular formula is C31H58N2O16. The summed E-state index contributed by atoms with van der Waals surface area (Å²) < 4.78 is 20.4. The summed E-state index contributed by atoms with van der Waals surface area (Å²) in [6.45, 7) is 3.09. The van der Waals surface area contributed by atoms with Crippen LogP contribution in [0.25, 0.3) is 0 Å². The van der Waals surface area contributed by atoms with Gasteiger partial charge < -0.3 is 59.8 Å². The minimum absolute atomic E-state index is 0.118. The van der Waals surface area contributed by atoms with E-state index < -0.39 is 92.7 Å². The molecule has 18 heteroatoms. The van der Waals surface area contributed by atoms with Gasteiger partial charge in [0.2, 0.25) is 11.6 Å². The third-order valence-corrected chi connectivity index (χ3v) is 7.29. The van der Waals surface area contributed by atoms with Crippen LogP contribution >= 0.6 is 0 Å². The Labute approximate surface area is 287 Å². The summed E-state index contributed by atoms with van der Waals surface area (Å²) in [5.41, 5.74) is 0. The van der Waals surface area contributed by atoms with Gasteiger partial charge in [-0.15, -0.1) is 0 Å². The van der Waals surface area contributed by atoms with Crippen LogP contribution in [-0.4, -0.2) is 170 Å². The molecule has 0 aromatic heterocycles. The van der Waals surface area contributed by atoms with Crippen molar-refractivity contribution < 1.29 is 79.0 Å². The van der Waals surface area contributed by atoms with E-state index in [9.17, 15) is 60.0 Å². The Morgan fingerprint density at radius 1 is 0.571 bits per heavy atom. The van der Waals surface area contributed by atoms with E-state index in [0.717, 1.165) is 12.8 Å². The van der Waals surface area contributed by atoms with E-state index >= 15 is 0 Å². The standard InChI is InChI=1S/C31H58N2O16/c1-5-9-15-46-21-23(34)19-32(13-11-17-48-27(38)25(36)7-3)30(42,43)29(40,41)31(44,45)33(20-24(35)22-47-16-10-6-2)14-12-18-49-28(39)26(37)8-4/h23-24,34-35,40-45H,5-22H2,1-4H3. The molecule has 0 fully saturated rings. The predicted octanol–water partition coefficient (Wildman–Crippen LogP) is -2.27. The number of nitrogens with zero attached hydrogens (tertiary/aromatic N) is 2. The van der Waals surface area contributed by atoms with Gasteiger partial charge in [0, 0.05) is 52.2 Å². The molecule has 49 heavy (non-hydrogen) atoms. The van der Waals surface area contributed by atoms with E-state index in [4.69, 9.17) is 18.9 Å². The molecule has 18 nitrogen and oxygen atoms in total. The van der Waals surface area contributed by atoms with Gasteiger partial charge in [-0.25, -0.2) is 19.4 Å². The molecule has 288 valence electrons. The number of unbranched alkanes of at least 4 members (excludes halogenated alkanes) is 2. The summed E-state index contributed by atoms with van der Waals surface area (Å²) >= 11 is 0. The van der Waals surface area contributed by atoms with Crippen LogP contribution in [-0.2, 0) is 38.1 Å². The van der Waals surface area contributed by atoms with Crippen molar-refractivity contribution in [3.63, 3.8) is 0 Å². The van der Waals surface area contributed by atoms with Gasteiger partial charge in [-0.3, -0.25) is 9.59 Å². The second-order valence-corrected chi connectivity index (χ2v) is 11.5. The number of esters is 2. The van der Waals surface area contributed by atoms with Crippen molar-refractivity contribution in [1.82, 2.24) is 9.80 Å². The summed E-state index contributed by atoms with van der Waals surface area (Å²) in [6.07, 6.45) is -0.781. The van der Waals surface area contributed by atoms with E-state index in [1.807, 2.05) is 13.8 Å². The quantitative estimate of drug-likeness (QED) is 0.0169. The highest BCUT2D eigenvalue weighted by Crippen LogP contribution is 2.34. The maximum atomic E-state index is 11.7. The molecule has 0 saturated heterocycles. The molecule has 0 heterocycles. The third-order valence-electron chi connectivity index (χ3n) is 7.29. The molecule has 0 radical (unpaired) electrons. The smallest absolute Gasteiger partial charge is 0.374 e. The van der Waals surface area contributed by atoms with Crippen molar-refractivity contribution in [2.24, 2.45) is 0 Å². The highest BCUT2D eigenvalue weighted by Gasteiger charge is 2.66. The average Bonchev–Trinajstić information content (AvgIpc) is 3.06.